The molecule has 210 valence electrons. The van der Waals surface area contributed by atoms with Crippen molar-refractivity contribution in [1.82, 2.24) is 21.3 Å². The van der Waals surface area contributed by atoms with Gasteiger partial charge in [-0.15, -0.1) is 0 Å². The van der Waals surface area contributed by atoms with Crippen molar-refractivity contribution >= 4 is 24.9 Å². The van der Waals surface area contributed by atoms with Gasteiger partial charge in [-0.1, -0.05) is 27.7 Å². The number of hydrogen-bond acceptors (Lipinski definition) is 6. The van der Waals surface area contributed by atoms with Crippen LogP contribution >= 0.6 is 0 Å². The van der Waals surface area contributed by atoms with Crippen molar-refractivity contribution in [1.29, 1.82) is 5.41 Å². The third-order valence-corrected chi connectivity index (χ3v) is 8.66. The van der Waals surface area contributed by atoms with Crippen molar-refractivity contribution in [2.45, 2.75) is 97.3 Å². The molecule has 0 radical (unpaired) electrons. The van der Waals surface area contributed by atoms with Gasteiger partial charge >= 0.3 is 7.12 Å². The predicted molar refractivity (Wildman–Crippen MR) is 144 cm³/mol. The van der Waals surface area contributed by atoms with Crippen molar-refractivity contribution in [3.05, 3.63) is 0 Å². The Bertz CT molecular complexity index is 827. The van der Waals surface area contributed by atoms with Crippen LogP contribution in [0.2, 0.25) is 0 Å². The summed E-state index contributed by atoms with van der Waals surface area (Å²) in [4.78, 5) is 25.9. The molecule has 2 bridgehead atoms. The van der Waals surface area contributed by atoms with Crippen LogP contribution < -0.4 is 21.3 Å². The second kappa shape index (κ2) is 12.3. The van der Waals surface area contributed by atoms with Crippen molar-refractivity contribution in [2.75, 3.05) is 26.8 Å². The lowest BCUT2D eigenvalue weighted by atomic mass is 9.43. The monoisotopic (exact) mass is 521 g/mol. The highest BCUT2D eigenvalue weighted by Gasteiger charge is 2.68. The normalized spacial score (nSPS) is 29.1. The average molecular weight is 522 g/mol. The minimum absolute atomic E-state index is 0.0381. The topological polar surface area (TPSA) is 134 Å². The van der Waals surface area contributed by atoms with E-state index in [1.54, 1.807) is 7.05 Å². The zero-order valence-electron chi connectivity index (χ0n) is 23.7. The van der Waals surface area contributed by atoms with E-state index in [2.05, 4.69) is 55.9 Å². The van der Waals surface area contributed by atoms with Crippen molar-refractivity contribution in [3.63, 3.8) is 0 Å². The van der Waals surface area contributed by atoms with E-state index in [1.165, 1.54) is 6.42 Å². The molecule has 10 nitrogen and oxygen atoms in total. The van der Waals surface area contributed by atoms with Crippen molar-refractivity contribution in [2.24, 2.45) is 23.2 Å². The lowest BCUT2D eigenvalue weighted by molar-refractivity contribution is -0.199. The highest BCUT2D eigenvalue weighted by atomic mass is 16.7. The Labute approximate surface area is 222 Å². The van der Waals surface area contributed by atoms with Gasteiger partial charge in [0.25, 0.3) is 0 Å². The average Bonchev–Trinajstić information content (AvgIpc) is 3.20. The summed E-state index contributed by atoms with van der Waals surface area (Å²) in [7, 11) is 1.15. The molecule has 4 rings (SSSR count). The molecule has 0 aromatic carbocycles. The minimum Gasteiger partial charge on any atom is -0.404 e. The van der Waals surface area contributed by atoms with Crippen LogP contribution in [0.3, 0.4) is 0 Å². The molecular weight excluding hydrogens is 473 g/mol. The molecule has 1 saturated heterocycles. The molecule has 5 N–H and O–H groups in total. The second-order valence-electron chi connectivity index (χ2n) is 12.0. The molecule has 4 fully saturated rings. The Morgan fingerprint density at radius 2 is 1.92 bits per heavy atom. The summed E-state index contributed by atoms with van der Waals surface area (Å²) in [6.45, 7) is 13.7. The summed E-state index contributed by atoms with van der Waals surface area (Å²) in [6.07, 6.45) is 3.93. The summed E-state index contributed by atoms with van der Waals surface area (Å²) in [5, 5.41) is 19.3. The summed E-state index contributed by atoms with van der Waals surface area (Å²) in [6, 6.07) is -0.723. The van der Waals surface area contributed by atoms with Gasteiger partial charge in [-0.25, -0.2) is 0 Å². The number of ether oxygens (including phenoxy) is 1. The fraction of sp³-hybridized carbons (Fsp3) is 0.885. The van der Waals surface area contributed by atoms with Gasteiger partial charge in [0.2, 0.25) is 11.8 Å². The Hall–Kier alpha value is -1.85. The van der Waals surface area contributed by atoms with Crippen LogP contribution in [0.25, 0.3) is 0 Å². The van der Waals surface area contributed by atoms with Crippen molar-refractivity contribution < 1.29 is 23.6 Å². The van der Waals surface area contributed by atoms with Gasteiger partial charge in [-0.05, 0) is 69.1 Å². The number of nitrogens with one attached hydrogen (secondary N) is 5. The van der Waals surface area contributed by atoms with Crippen LogP contribution in [-0.4, -0.2) is 75.4 Å². The molecule has 0 unspecified atom stereocenters. The highest BCUT2D eigenvalue weighted by Crippen LogP contribution is 2.65. The first-order valence-corrected chi connectivity index (χ1v) is 13.9. The zero-order valence-corrected chi connectivity index (χ0v) is 23.7. The Morgan fingerprint density at radius 1 is 1.19 bits per heavy atom. The third kappa shape index (κ3) is 6.78. The molecule has 0 spiro atoms. The summed E-state index contributed by atoms with van der Waals surface area (Å²) < 4.78 is 18.4. The van der Waals surface area contributed by atoms with Gasteiger partial charge in [0.1, 0.15) is 12.6 Å². The van der Waals surface area contributed by atoms with Gasteiger partial charge in [0.15, 0.2) is 5.96 Å². The molecule has 1 aliphatic heterocycles. The fourth-order valence-corrected chi connectivity index (χ4v) is 6.41. The number of rotatable bonds is 13. The number of guanidine groups is 1. The van der Waals surface area contributed by atoms with E-state index < -0.39 is 13.2 Å². The Balaban J connectivity index is 1.67. The zero-order chi connectivity index (χ0) is 27.4. The van der Waals surface area contributed by atoms with Gasteiger partial charge in [0, 0.05) is 20.2 Å². The van der Waals surface area contributed by atoms with E-state index in [0.717, 1.165) is 6.42 Å². The van der Waals surface area contributed by atoms with E-state index in [1.807, 2.05) is 6.92 Å². The molecule has 1 heterocycles. The van der Waals surface area contributed by atoms with Crippen molar-refractivity contribution in [3.8, 4) is 0 Å². The Morgan fingerprint density at radius 3 is 2.54 bits per heavy atom. The summed E-state index contributed by atoms with van der Waals surface area (Å²) >= 11 is 0. The fourth-order valence-electron chi connectivity index (χ4n) is 6.41. The molecule has 0 aromatic heterocycles. The number of carbonyl (C=O) groups is 2. The number of hydrogen-bond donors (Lipinski definition) is 5. The SMILES string of the molecule is CCOCC(=O)N[C@@H](CCCNC(=N)NC)C(=O)N[C@@H](CC(C)C)B1O[C@@H]2C[C@@H]3C[C@@H](C3(C)C)[C@]2(C)O1. The first-order chi connectivity index (χ1) is 17.4. The molecule has 37 heavy (non-hydrogen) atoms. The maximum absolute atomic E-state index is 13.5. The van der Waals surface area contributed by atoms with Crippen LogP contribution in [-0.2, 0) is 23.6 Å². The van der Waals surface area contributed by atoms with Crippen LogP contribution in [0.5, 0.6) is 0 Å². The molecule has 11 heteroatoms. The lowest BCUT2D eigenvalue weighted by Gasteiger charge is -2.64. The molecule has 3 saturated carbocycles. The maximum atomic E-state index is 13.5. The summed E-state index contributed by atoms with van der Waals surface area (Å²) in [5.74, 6) is 0.726. The van der Waals surface area contributed by atoms with Crippen LogP contribution in [0, 0.1) is 28.6 Å². The van der Waals surface area contributed by atoms with E-state index in [9.17, 15) is 9.59 Å². The molecule has 2 amide bonds. The van der Waals surface area contributed by atoms with Crippen LogP contribution in [0.1, 0.15) is 73.6 Å². The van der Waals surface area contributed by atoms with Gasteiger partial charge < -0.3 is 35.3 Å². The van der Waals surface area contributed by atoms with E-state index in [0.29, 0.717) is 50.2 Å². The predicted octanol–water partition coefficient (Wildman–Crippen LogP) is 1.83. The largest absolute Gasteiger partial charge is 0.481 e. The highest BCUT2D eigenvalue weighted by molar-refractivity contribution is 6.47. The second-order valence-corrected chi connectivity index (χ2v) is 12.0. The van der Waals surface area contributed by atoms with Gasteiger partial charge in [0.05, 0.1) is 17.6 Å². The van der Waals surface area contributed by atoms with E-state index in [4.69, 9.17) is 19.5 Å². The van der Waals surface area contributed by atoms with Crippen LogP contribution in [0.15, 0.2) is 0 Å². The lowest BCUT2D eigenvalue weighted by Crippen LogP contribution is -2.65. The smallest absolute Gasteiger partial charge is 0.404 e. The quantitative estimate of drug-likeness (QED) is 0.108. The van der Waals surface area contributed by atoms with Gasteiger partial charge in [-0.2, -0.15) is 0 Å². The molecule has 4 aliphatic rings. The standard InChI is InChI=1S/C26H48BN5O5/c1-8-35-15-22(33)31-18(10-9-11-30-24(28)29-7)23(34)32-21(12-16(2)3)27-36-20-14-17-13-19(25(17,4)5)26(20,6)37-27/h16-21H,8-15H2,1-7H3,(H,31,33)(H,32,34)(H3,28,29,30)/t17-,18-,19-,20+,21-,26-/m0/s1. The number of amides is 2. The van der Waals surface area contributed by atoms with E-state index >= 15 is 0 Å². The molecule has 6 atom stereocenters. The Kier molecular flexibility index (Phi) is 9.91. The molecule has 0 aromatic rings. The number of carbonyl (C=O) groups excluding carboxylic acids is 2. The first kappa shape index (κ1) is 29.7. The first-order valence-electron chi connectivity index (χ1n) is 13.9. The van der Waals surface area contributed by atoms with Gasteiger partial charge in [-0.3, -0.25) is 15.0 Å². The summed E-state index contributed by atoms with van der Waals surface area (Å²) in [5.41, 5.74) is -0.106. The minimum atomic E-state index is -0.723. The maximum Gasteiger partial charge on any atom is 0.481 e. The molecule has 3 aliphatic carbocycles. The third-order valence-electron chi connectivity index (χ3n) is 8.66. The van der Waals surface area contributed by atoms with Crippen LogP contribution in [0.4, 0.5) is 0 Å². The van der Waals surface area contributed by atoms with E-state index in [-0.39, 0.29) is 47.4 Å². The molecular formula is C26H48BN5O5.